The van der Waals surface area contributed by atoms with Crippen molar-refractivity contribution >= 4 is 41.0 Å². The Morgan fingerprint density at radius 2 is 1.88 bits per heavy atom. The molecule has 0 atom stereocenters. The van der Waals surface area contributed by atoms with Crippen molar-refractivity contribution in [3.8, 4) is 11.5 Å². The van der Waals surface area contributed by atoms with Crippen molar-refractivity contribution in [1.82, 2.24) is 20.2 Å². The van der Waals surface area contributed by atoms with Crippen LogP contribution >= 0.6 is 23.4 Å². The van der Waals surface area contributed by atoms with E-state index in [0.29, 0.717) is 32.8 Å². The first-order valence-corrected chi connectivity index (χ1v) is 10.7. The third-order valence-corrected chi connectivity index (χ3v) is 5.50. The first-order valence-electron chi connectivity index (χ1n) is 9.33. The number of halogens is 1. The number of esters is 1. The molecule has 1 heterocycles. The topological polar surface area (TPSA) is 108 Å². The molecular weight excluding hydrogens is 454 g/mol. The molecule has 32 heavy (non-hydrogen) atoms. The average Bonchev–Trinajstić information content (AvgIpc) is 3.21. The van der Waals surface area contributed by atoms with Gasteiger partial charge in [0, 0.05) is 17.6 Å². The molecule has 0 radical (unpaired) electrons. The second-order valence-corrected chi connectivity index (χ2v) is 7.89. The number of thioether (sulfide) groups is 1. The van der Waals surface area contributed by atoms with Gasteiger partial charge in [0.2, 0.25) is 0 Å². The van der Waals surface area contributed by atoms with Crippen LogP contribution in [-0.4, -0.2) is 45.2 Å². The van der Waals surface area contributed by atoms with Gasteiger partial charge in [-0.25, -0.2) is 10.2 Å². The second-order valence-electron chi connectivity index (χ2n) is 6.51. The second kappa shape index (κ2) is 10.8. The van der Waals surface area contributed by atoms with Gasteiger partial charge in [0.25, 0.3) is 5.91 Å². The summed E-state index contributed by atoms with van der Waals surface area (Å²) in [5.74, 6) is -0.0630. The fraction of sp³-hybridized carbons (Fsp3) is 0.190. The monoisotopic (exact) mass is 473 g/mol. The normalized spacial score (nSPS) is 11.2. The van der Waals surface area contributed by atoms with E-state index in [0.717, 1.165) is 0 Å². The predicted octanol–water partition coefficient (Wildman–Crippen LogP) is 3.33. The van der Waals surface area contributed by atoms with Crippen LogP contribution in [-0.2, 0) is 11.8 Å². The van der Waals surface area contributed by atoms with Crippen LogP contribution in [0, 0.1) is 0 Å². The predicted molar refractivity (Wildman–Crippen MR) is 121 cm³/mol. The molecule has 0 spiro atoms. The van der Waals surface area contributed by atoms with Gasteiger partial charge in [0.1, 0.15) is 6.33 Å². The summed E-state index contributed by atoms with van der Waals surface area (Å²) in [5.41, 5.74) is 4.11. The fourth-order valence-electron chi connectivity index (χ4n) is 2.50. The van der Waals surface area contributed by atoms with Gasteiger partial charge in [-0.05, 0) is 49.4 Å². The molecule has 3 rings (SSSR count). The molecule has 1 aromatic heterocycles. The first-order chi connectivity index (χ1) is 15.4. The molecular formula is C21H20ClN5O4S. The van der Waals surface area contributed by atoms with E-state index in [1.165, 1.54) is 18.9 Å². The van der Waals surface area contributed by atoms with Crippen LogP contribution < -0.4 is 14.9 Å². The number of carbonyl (C=O) groups excluding carboxylic acids is 2. The van der Waals surface area contributed by atoms with Crippen LogP contribution in [0.3, 0.4) is 0 Å². The number of nitrogens with one attached hydrogen (secondary N) is 1. The molecule has 0 aliphatic rings. The van der Waals surface area contributed by atoms with Crippen LogP contribution in [0.5, 0.6) is 11.5 Å². The van der Waals surface area contributed by atoms with Crippen LogP contribution in [0.1, 0.15) is 22.8 Å². The van der Waals surface area contributed by atoms with E-state index in [4.69, 9.17) is 21.1 Å². The molecule has 0 aliphatic carbocycles. The van der Waals surface area contributed by atoms with Crippen molar-refractivity contribution < 1.29 is 19.1 Å². The number of hydrazone groups is 1. The van der Waals surface area contributed by atoms with Gasteiger partial charge in [0.05, 0.1) is 24.1 Å². The Hall–Kier alpha value is -3.37. The lowest BCUT2D eigenvalue weighted by Crippen LogP contribution is -2.21. The lowest BCUT2D eigenvalue weighted by molar-refractivity contribution is -0.118. The molecule has 0 aliphatic heterocycles. The SMILES string of the molecule is COc1cc(C(C)=NNC(=O)CSc2nncn2C)ccc1OC(=O)c1ccc(Cl)cc1. The number of carbonyl (C=O) groups is 2. The van der Waals surface area contributed by atoms with E-state index >= 15 is 0 Å². The Morgan fingerprint density at radius 1 is 1.16 bits per heavy atom. The summed E-state index contributed by atoms with van der Waals surface area (Å²) in [6, 6.07) is 11.4. The van der Waals surface area contributed by atoms with E-state index in [2.05, 4.69) is 20.7 Å². The van der Waals surface area contributed by atoms with E-state index < -0.39 is 5.97 Å². The Morgan fingerprint density at radius 3 is 2.53 bits per heavy atom. The number of nitrogens with zero attached hydrogens (tertiary/aromatic N) is 4. The van der Waals surface area contributed by atoms with E-state index in [1.807, 2.05) is 0 Å². The van der Waals surface area contributed by atoms with Crippen LogP contribution in [0.4, 0.5) is 0 Å². The highest BCUT2D eigenvalue weighted by atomic mass is 35.5. The minimum absolute atomic E-state index is 0.145. The smallest absolute Gasteiger partial charge is 0.343 e. The quantitative estimate of drug-likeness (QED) is 0.176. The zero-order valence-corrected chi connectivity index (χ0v) is 19.1. The maximum absolute atomic E-state index is 12.4. The molecule has 0 fully saturated rings. The Labute approximate surface area is 193 Å². The molecule has 11 heteroatoms. The lowest BCUT2D eigenvalue weighted by atomic mass is 10.1. The zero-order chi connectivity index (χ0) is 23.1. The molecule has 2 aromatic carbocycles. The number of amides is 1. The summed E-state index contributed by atoms with van der Waals surface area (Å²) in [4.78, 5) is 24.4. The van der Waals surface area contributed by atoms with Crippen molar-refractivity contribution in [3.05, 3.63) is 64.9 Å². The summed E-state index contributed by atoms with van der Waals surface area (Å²) >= 11 is 7.10. The van der Waals surface area contributed by atoms with Gasteiger partial charge in [-0.3, -0.25) is 4.79 Å². The minimum atomic E-state index is -0.536. The largest absolute Gasteiger partial charge is 0.493 e. The molecule has 9 nitrogen and oxygen atoms in total. The van der Waals surface area contributed by atoms with E-state index in [-0.39, 0.29) is 17.4 Å². The van der Waals surface area contributed by atoms with Crippen molar-refractivity contribution in [2.24, 2.45) is 12.1 Å². The highest BCUT2D eigenvalue weighted by molar-refractivity contribution is 7.99. The van der Waals surface area contributed by atoms with Gasteiger partial charge in [-0.2, -0.15) is 5.10 Å². The third kappa shape index (κ3) is 6.08. The van der Waals surface area contributed by atoms with Gasteiger partial charge in [-0.15, -0.1) is 10.2 Å². The van der Waals surface area contributed by atoms with E-state index in [9.17, 15) is 9.59 Å². The number of ether oxygens (including phenoxy) is 2. The molecule has 0 saturated heterocycles. The van der Waals surface area contributed by atoms with Gasteiger partial charge < -0.3 is 14.0 Å². The molecule has 0 saturated carbocycles. The number of aromatic nitrogens is 3. The summed E-state index contributed by atoms with van der Waals surface area (Å²) < 4.78 is 12.5. The molecule has 1 amide bonds. The average molecular weight is 474 g/mol. The molecule has 3 aromatic rings. The summed E-state index contributed by atoms with van der Waals surface area (Å²) in [5, 5.41) is 12.9. The van der Waals surface area contributed by atoms with Gasteiger partial charge >= 0.3 is 5.97 Å². The Bertz CT molecular complexity index is 1150. The van der Waals surface area contributed by atoms with Crippen molar-refractivity contribution in [2.45, 2.75) is 12.1 Å². The lowest BCUT2D eigenvalue weighted by Gasteiger charge is -2.11. The highest BCUT2D eigenvalue weighted by Crippen LogP contribution is 2.29. The zero-order valence-electron chi connectivity index (χ0n) is 17.5. The highest BCUT2D eigenvalue weighted by Gasteiger charge is 2.14. The standard InChI is InChI=1S/C21H20ClN5O4S/c1-13(24-25-19(28)11-32-21-26-23-12-27(21)2)15-6-9-17(18(10-15)30-3)31-20(29)14-4-7-16(22)8-5-14/h4-10,12H,11H2,1-3H3,(H,25,28). The molecule has 166 valence electrons. The maximum atomic E-state index is 12.4. The number of benzene rings is 2. The van der Waals surface area contributed by atoms with Crippen molar-refractivity contribution in [3.63, 3.8) is 0 Å². The maximum Gasteiger partial charge on any atom is 0.343 e. The number of methoxy groups -OCH3 is 1. The molecule has 1 N–H and O–H groups in total. The fourth-order valence-corrected chi connectivity index (χ4v) is 3.30. The number of hydrogen-bond donors (Lipinski definition) is 1. The molecule has 0 unspecified atom stereocenters. The van der Waals surface area contributed by atoms with Crippen molar-refractivity contribution in [2.75, 3.05) is 12.9 Å². The van der Waals surface area contributed by atoms with Crippen LogP contribution in [0.15, 0.2) is 59.0 Å². The van der Waals surface area contributed by atoms with Gasteiger partial charge in [-0.1, -0.05) is 23.4 Å². The summed E-state index contributed by atoms with van der Waals surface area (Å²) in [6.45, 7) is 1.74. The number of hydrogen-bond acceptors (Lipinski definition) is 8. The number of rotatable bonds is 8. The Kier molecular flexibility index (Phi) is 7.85. The Balaban J connectivity index is 1.63. The van der Waals surface area contributed by atoms with Crippen LogP contribution in [0.2, 0.25) is 5.02 Å². The third-order valence-electron chi connectivity index (χ3n) is 4.21. The first kappa shape index (κ1) is 23.3. The number of aryl methyl sites for hydroxylation is 1. The van der Waals surface area contributed by atoms with E-state index in [1.54, 1.807) is 67.3 Å². The van der Waals surface area contributed by atoms with Gasteiger partial charge in [0.15, 0.2) is 16.7 Å². The van der Waals surface area contributed by atoms with Crippen LogP contribution in [0.25, 0.3) is 0 Å². The molecule has 0 bridgehead atoms. The summed E-state index contributed by atoms with van der Waals surface area (Å²) in [7, 11) is 3.27. The summed E-state index contributed by atoms with van der Waals surface area (Å²) in [6.07, 6.45) is 1.56. The van der Waals surface area contributed by atoms with Crippen molar-refractivity contribution in [1.29, 1.82) is 0 Å². The minimum Gasteiger partial charge on any atom is -0.493 e.